The van der Waals surface area contributed by atoms with Crippen molar-refractivity contribution in [2.24, 2.45) is 0 Å². The van der Waals surface area contributed by atoms with Gasteiger partial charge in [0.2, 0.25) is 0 Å². The quantitative estimate of drug-likeness (QED) is 0.632. The zero-order chi connectivity index (χ0) is 10.5. The highest BCUT2D eigenvalue weighted by molar-refractivity contribution is 5.74. The Balaban J connectivity index is 3.83. The first kappa shape index (κ1) is 12.4. The molecule has 0 fully saturated rings. The zero-order valence-corrected chi connectivity index (χ0v) is 8.41. The summed E-state index contributed by atoms with van der Waals surface area (Å²) in [6.07, 6.45) is -0.474. The van der Waals surface area contributed by atoms with Gasteiger partial charge in [0.15, 0.2) is 6.10 Å². The summed E-state index contributed by atoms with van der Waals surface area (Å²) < 4.78 is 4.93. The largest absolute Gasteiger partial charge is 0.458 e. The van der Waals surface area contributed by atoms with E-state index in [0.717, 1.165) is 0 Å². The summed E-state index contributed by atoms with van der Waals surface area (Å²) in [7, 11) is 0. The highest BCUT2D eigenvalue weighted by Gasteiger charge is 2.22. The standard InChI is InChI=1S/C9H18O4/c1-9(2,3)13-8(12)7(11)5-4-6-10/h7,10-11H,4-6H2,1-3H3/t7-/m0/s1. The molecule has 0 bridgehead atoms. The fourth-order valence-electron chi connectivity index (χ4n) is 0.772. The van der Waals surface area contributed by atoms with Crippen molar-refractivity contribution in [3.8, 4) is 0 Å². The Kier molecular flexibility index (Phi) is 4.95. The van der Waals surface area contributed by atoms with E-state index in [9.17, 15) is 9.90 Å². The molecule has 0 aromatic carbocycles. The van der Waals surface area contributed by atoms with Gasteiger partial charge >= 0.3 is 5.97 Å². The molecule has 4 heteroatoms. The molecule has 0 spiro atoms. The van der Waals surface area contributed by atoms with E-state index < -0.39 is 17.7 Å². The van der Waals surface area contributed by atoms with Crippen LogP contribution in [-0.4, -0.2) is 34.5 Å². The summed E-state index contributed by atoms with van der Waals surface area (Å²) in [6, 6.07) is 0. The molecule has 0 aliphatic rings. The van der Waals surface area contributed by atoms with Crippen molar-refractivity contribution in [2.75, 3.05) is 6.61 Å². The molecule has 0 saturated carbocycles. The van der Waals surface area contributed by atoms with Crippen LogP contribution in [0.4, 0.5) is 0 Å². The van der Waals surface area contributed by atoms with Gasteiger partial charge in [-0.05, 0) is 33.6 Å². The van der Waals surface area contributed by atoms with E-state index in [1.165, 1.54) is 0 Å². The molecule has 0 aromatic rings. The summed E-state index contributed by atoms with van der Waals surface area (Å²) in [5, 5.41) is 17.7. The predicted molar refractivity (Wildman–Crippen MR) is 48.2 cm³/mol. The number of aliphatic hydroxyl groups is 2. The van der Waals surface area contributed by atoms with Gasteiger partial charge in [0.1, 0.15) is 5.60 Å². The number of carbonyl (C=O) groups excluding carboxylic acids is 1. The van der Waals surface area contributed by atoms with E-state index in [-0.39, 0.29) is 13.0 Å². The van der Waals surface area contributed by atoms with E-state index in [1.807, 2.05) is 0 Å². The highest BCUT2D eigenvalue weighted by atomic mass is 16.6. The number of rotatable bonds is 4. The molecule has 13 heavy (non-hydrogen) atoms. The summed E-state index contributed by atoms with van der Waals surface area (Å²) in [4.78, 5) is 11.1. The van der Waals surface area contributed by atoms with E-state index in [0.29, 0.717) is 6.42 Å². The maximum absolute atomic E-state index is 11.1. The van der Waals surface area contributed by atoms with Crippen LogP contribution in [0.3, 0.4) is 0 Å². The minimum Gasteiger partial charge on any atom is -0.458 e. The van der Waals surface area contributed by atoms with Crippen molar-refractivity contribution >= 4 is 5.97 Å². The minimum absolute atomic E-state index is 0.0279. The Morgan fingerprint density at radius 3 is 2.38 bits per heavy atom. The van der Waals surface area contributed by atoms with Gasteiger partial charge in [-0.25, -0.2) is 4.79 Å². The molecule has 2 N–H and O–H groups in total. The molecule has 0 rings (SSSR count). The fourth-order valence-corrected chi connectivity index (χ4v) is 0.772. The lowest BCUT2D eigenvalue weighted by atomic mass is 10.1. The second kappa shape index (κ2) is 5.19. The molecule has 1 atom stereocenters. The topological polar surface area (TPSA) is 66.8 Å². The van der Waals surface area contributed by atoms with Crippen molar-refractivity contribution < 1.29 is 19.7 Å². The smallest absolute Gasteiger partial charge is 0.335 e. The molecule has 0 aliphatic carbocycles. The Morgan fingerprint density at radius 1 is 1.46 bits per heavy atom. The van der Waals surface area contributed by atoms with Crippen LogP contribution in [0, 0.1) is 0 Å². The molecular weight excluding hydrogens is 172 g/mol. The first-order valence-electron chi connectivity index (χ1n) is 4.38. The first-order chi connectivity index (χ1) is 5.87. The number of esters is 1. The van der Waals surface area contributed by atoms with Crippen LogP contribution in [0.1, 0.15) is 33.6 Å². The van der Waals surface area contributed by atoms with E-state index in [1.54, 1.807) is 20.8 Å². The van der Waals surface area contributed by atoms with Gasteiger partial charge in [-0.3, -0.25) is 0 Å². The normalized spacial score (nSPS) is 13.9. The van der Waals surface area contributed by atoms with Gasteiger partial charge in [0.05, 0.1) is 0 Å². The number of hydrogen-bond donors (Lipinski definition) is 2. The zero-order valence-electron chi connectivity index (χ0n) is 8.41. The van der Waals surface area contributed by atoms with E-state index >= 15 is 0 Å². The molecular formula is C9H18O4. The monoisotopic (exact) mass is 190 g/mol. The molecule has 0 aliphatic heterocycles. The number of ether oxygens (including phenoxy) is 1. The summed E-state index contributed by atoms with van der Waals surface area (Å²) >= 11 is 0. The van der Waals surface area contributed by atoms with Gasteiger partial charge in [0, 0.05) is 6.61 Å². The van der Waals surface area contributed by atoms with Crippen LogP contribution in [-0.2, 0) is 9.53 Å². The van der Waals surface area contributed by atoms with Crippen molar-refractivity contribution in [2.45, 2.75) is 45.3 Å². The lowest BCUT2D eigenvalue weighted by Crippen LogP contribution is -2.31. The Labute approximate surface area is 78.5 Å². The van der Waals surface area contributed by atoms with Gasteiger partial charge in [-0.1, -0.05) is 0 Å². The van der Waals surface area contributed by atoms with Crippen molar-refractivity contribution in [1.29, 1.82) is 0 Å². The third kappa shape index (κ3) is 6.54. The van der Waals surface area contributed by atoms with Crippen molar-refractivity contribution in [3.05, 3.63) is 0 Å². The third-order valence-corrected chi connectivity index (χ3v) is 1.31. The number of aliphatic hydroxyl groups excluding tert-OH is 2. The van der Waals surface area contributed by atoms with Gasteiger partial charge < -0.3 is 14.9 Å². The molecule has 0 aromatic heterocycles. The Bertz CT molecular complexity index is 159. The predicted octanol–water partition coefficient (Wildman–Crippen LogP) is 0.462. The van der Waals surface area contributed by atoms with Crippen LogP contribution < -0.4 is 0 Å². The van der Waals surface area contributed by atoms with Crippen LogP contribution in [0.15, 0.2) is 0 Å². The number of hydrogen-bond acceptors (Lipinski definition) is 4. The van der Waals surface area contributed by atoms with Crippen molar-refractivity contribution in [3.63, 3.8) is 0 Å². The molecule has 78 valence electrons. The first-order valence-corrected chi connectivity index (χ1v) is 4.38. The van der Waals surface area contributed by atoms with Crippen LogP contribution in [0.25, 0.3) is 0 Å². The summed E-state index contributed by atoms with van der Waals surface area (Å²) in [5.41, 5.74) is -0.572. The molecule has 0 saturated heterocycles. The number of carbonyl (C=O) groups is 1. The second-order valence-corrected chi connectivity index (χ2v) is 3.92. The molecule has 4 nitrogen and oxygen atoms in total. The second-order valence-electron chi connectivity index (χ2n) is 3.92. The molecule has 0 heterocycles. The average Bonchev–Trinajstić information content (AvgIpc) is 1.96. The van der Waals surface area contributed by atoms with Gasteiger partial charge in [-0.15, -0.1) is 0 Å². The Morgan fingerprint density at radius 2 is 2.00 bits per heavy atom. The van der Waals surface area contributed by atoms with Gasteiger partial charge in [0.25, 0.3) is 0 Å². The maximum Gasteiger partial charge on any atom is 0.335 e. The molecule has 0 radical (unpaired) electrons. The molecule has 0 amide bonds. The van der Waals surface area contributed by atoms with Crippen LogP contribution >= 0.6 is 0 Å². The van der Waals surface area contributed by atoms with Gasteiger partial charge in [-0.2, -0.15) is 0 Å². The highest BCUT2D eigenvalue weighted by Crippen LogP contribution is 2.10. The maximum atomic E-state index is 11.1. The van der Waals surface area contributed by atoms with Crippen LogP contribution in [0.2, 0.25) is 0 Å². The average molecular weight is 190 g/mol. The van der Waals surface area contributed by atoms with Crippen LogP contribution in [0.5, 0.6) is 0 Å². The van der Waals surface area contributed by atoms with E-state index in [2.05, 4.69) is 0 Å². The van der Waals surface area contributed by atoms with E-state index in [4.69, 9.17) is 9.84 Å². The third-order valence-electron chi connectivity index (χ3n) is 1.31. The fraction of sp³-hybridized carbons (Fsp3) is 0.889. The summed E-state index contributed by atoms with van der Waals surface area (Å²) in [6.45, 7) is 5.19. The SMILES string of the molecule is CC(C)(C)OC(=O)[C@@H](O)CCCO. The Hall–Kier alpha value is -0.610. The lowest BCUT2D eigenvalue weighted by molar-refractivity contribution is -0.165. The minimum atomic E-state index is -1.12. The lowest BCUT2D eigenvalue weighted by Gasteiger charge is -2.21. The summed E-state index contributed by atoms with van der Waals surface area (Å²) in [5.74, 6) is -0.624. The van der Waals surface area contributed by atoms with Crippen molar-refractivity contribution in [1.82, 2.24) is 0 Å². The molecule has 0 unspecified atom stereocenters.